The van der Waals surface area contributed by atoms with E-state index in [4.69, 9.17) is 13.9 Å². The van der Waals surface area contributed by atoms with Crippen LogP contribution in [0.4, 0.5) is 0 Å². The van der Waals surface area contributed by atoms with Crippen molar-refractivity contribution in [2.75, 3.05) is 26.3 Å². The molecule has 0 aliphatic carbocycles. The first-order valence-corrected chi connectivity index (χ1v) is 10.9. The molecule has 31 heavy (non-hydrogen) atoms. The first-order valence-electron chi connectivity index (χ1n) is 10.9. The highest BCUT2D eigenvalue weighted by atomic mass is 16.5. The molecule has 5 heterocycles. The van der Waals surface area contributed by atoms with Gasteiger partial charge in [-0.3, -0.25) is 9.59 Å². The van der Waals surface area contributed by atoms with E-state index in [9.17, 15) is 9.59 Å². The quantitative estimate of drug-likeness (QED) is 0.775. The SMILES string of the molecule is O=C(NCc1nnn2c1COC1(CCCN(C(=O)c3ccoc3)C1)C2)C1CCOCC1. The van der Waals surface area contributed by atoms with Crippen LogP contribution in [0.1, 0.15) is 47.4 Å². The molecule has 0 saturated carbocycles. The third kappa shape index (κ3) is 4.09. The molecule has 2 aromatic rings. The van der Waals surface area contributed by atoms with Crippen LogP contribution in [0.3, 0.4) is 0 Å². The van der Waals surface area contributed by atoms with E-state index in [0.717, 1.165) is 37.1 Å². The lowest BCUT2D eigenvalue weighted by molar-refractivity contribution is -0.128. The van der Waals surface area contributed by atoms with E-state index in [1.807, 2.05) is 9.58 Å². The molecule has 0 radical (unpaired) electrons. The standard InChI is InChI=1S/C21H27N5O5/c27-19(15-2-7-29-8-3-15)22-10-17-18-12-31-21(14-26(18)24-23-17)5-1-6-25(13-21)20(28)16-4-9-30-11-16/h4,9,11,15H,1-3,5-8,10,12-14H2,(H,22,27). The van der Waals surface area contributed by atoms with E-state index >= 15 is 0 Å². The molecule has 1 unspecified atom stereocenters. The topological polar surface area (TPSA) is 112 Å². The fraction of sp³-hybridized carbons (Fsp3) is 0.619. The monoisotopic (exact) mass is 429 g/mol. The zero-order valence-corrected chi connectivity index (χ0v) is 17.4. The van der Waals surface area contributed by atoms with Crippen LogP contribution in [0.5, 0.6) is 0 Å². The molecule has 1 N–H and O–H groups in total. The Hall–Kier alpha value is -2.72. The minimum atomic E-state index is -0.471. The van der Waals surface area contributed by atoms with Gasteiger partial charge in [-0.05, 0) is 31.7 Å². The van der Waals surface area contributed by atoms with Crippen molar-refractivity contribution in [3.05, 3.63) is 35.5 Å². The summed E-state index contributed by atoms with van der Waals surface area (Å²) in [6.07, 6.45) is 6.21. The van der Waals surface area contributed by atoms with Crippen molar-refractivity contribution in [3.63, 3.8) is 0 Å². The maximum atomic E-state index is 12.7. The number of ether oxygens (including phenoxy) is 2. The lowest BCUT2D eigenvalue weighted by Gasteiger charge is -2.44. The van der Waals surface area contributed by atoms with Gasteiger partial charge in [-0.15, -0.1) is 5.10 Å². The number of piperidine rings is 1. The first-order chi connectivity index (χ1) is 15.1. The Labute approximate surface area is 179 Å². The van der Waals surface area contributed by atoms with Crippen molar-refractivity contribution in [3.8, 4) is 0 Å². The second-order valence-corrected chi connectivity index (χ2v) is 8.56. The molecule has 3 aliphatic rings. The lowest BCUT2D eigenvalue weighted by atomic mass is 9.91. The third-order valence-corrected chi connectivity index (χ3v) is 6.49. The van der Waals surface area contributed by atoms with E-state index in [1.165, 1.54) is 12.5 Å². The van der Waals surface area contributed by atoms with Gasteiger partial charge in [0.1, 0.15) is 17.6 Å². The number of nitrogens with one attached hydrogen (secondary N) is 1. The number of fused-ring (bicyclic) bond motifs is 1. The van der Waals surface area contributed by atoms with Crippen molar-refractivity contribution >= 4 is 11.8 Å². The number of likely N-dealkylation sites (tertiary alicyclic amines) is 1. The second-order valence-electron chi connectivity index (χ2n) is 8.56. The number of rotatable bonds is 4. The van der Waals surface area contributed by atoms with Crippen molar-refractivity contribution in [1.29, 1.82) is 0 Å². The van der Waals surface area contributed by atoms with Crippen LogP contribution >= 0.6 is 0 Å². The molecule has 0 aromatic carbocycles. The van der Waals surface area contributed by atoms with Crippen molar-refractivity contribution in [2.24, 2.45) is 5.92 Å². The summed E-state index contributed by atoms with van der Waals surface area (Å²) in [4.78, 5) is 27.0. The van der Waals surface area contributed by atoms with Gasteiger partial charge in [0.05, 0.1) is 43.8 Å². The summed E-state index contributed by atoms with van der Waals surface area (Å²) in [7, 11) is 0. The molecule has 1 spiro atoms. The number of nitrogens with zero attached hydrogens (tertiary/aromatic N) is 4. The largest absolute Gasteiger partial charge is 0.472 e. The Morgan fingerprint density at radius 2 is 2.13 bits per heavy atom. The highest BCUT2D eigenvalue weighted by molar-refractivity contribution is 5.93. The molecule has 2 amide bonds. The van der Waals surface area contributed by atoms with E-state index < -0.39 is 5.60 Å². The number of amides is 2. The van der Waals surface area contributed by atoms with Gasteiger partial charge in [-0.25, -0.2) is 4.68 Å². The first kappa shape index (κ1) is 20.2. The Balaban J connectivity index is 1.22. The molecular formula is C21H27N5O5. The number of furan rings is 1. The van der Waals surface area contributed by atoms with Crippen LogP contribution in [0.2, 0.25) is 0 Å². The zero-order valence-electron chi connectivity index (χ0n) is 17.4. The van der Waals surface area contributed by atoms with Gasteiger partial charge < -0.3 is 24.1 Å². The molecule has 0 bridgehead atoms. The van der Waals surface area contributed by atoms with E-state index in [2.05, 4.69) is 15.6 Å². The molecule has 166 valence electrons. The Morgan fingerprint density at radius 3 is 2.94 bits per heavy atom. The lowest BCUT2D eigenvalue weighted by Crippen LogP contribution is -2.55. The maximum Gasteiger partial charge on any atom is 0.257 e. The number of hydrogen-bond acceptors (Lipinski definition) is 7. The van der Waals surface area contributed by atoms with Gasteiger partial charge in [0.2, 0.25) is 5.91 Å². The van der Waals surface area contributed by atoms with Crippen LogP contribution in [0, 0.1) is 5.92 Å². The summed E-state index contributed by atoms with van der Waals surface area (Å²) in [6.45, 7) is 3.72. The smallest absolute Gasteiger partial charge is 0.257 e. The van der Waals surface area contributed by atoms with Crippen LogP contribution in [-0.4, -0.2) is 63.6 Å². The van der Waals surface area contributed by atoms with Crippen LogP contribution in [0.25, 0.3) is 0 Å². The molecule has 3 aliphatic heterocycles. The number of carbonyl (C=O) groups excluding carboxylic acids is 2. The van der Waals surface area contributed by atoms with Crippen molar-refractivity contribution in [1.82, 2.24) is 25.2 Å². The normalized spacial score (nSPS) is 24.2. The highest BCUT2D eigenvalue weighted by Gasteiger charge is 2.42. The number of aromatic nitrogens is 3. The maximum absolute atomic E-state index is 12.7. The average Bonchev–Trinajstić information content (AvgIpc) is 3.47. The van der Waals surface area contributed by atoms with Gasteiger partial charge in [0.25, 0.3) is 5.91 Å². The third-order valence-electron chi connectivity index (χ3n) is 6.49. The highest BCUT2D eigenvalue weighted by Crippen LogP contribution is 2.33. The Morgan fingerprint density at radius 1 is 1.26 bits per heavy atom. The van der Waals surface area contributed by atoms with Crippen LogP contribution in [0.15, 0.2) is 23.0 Å². The average molecular weight is 429 g/mol. The fourth-order valence-electron chi connectivity index (χ4n) is 4.69. The van der Waals surface area contributed by atoms with Gasteiger partial charge in [0, 0.05) is 25.7 Å². The molecule has 2 aromatic heterocycles. The summed E-state index contributed by atoms with van der Waals surface area (Å²) in [6, 6.07) is 1.68. The van der Waals surface area contributed by atoms with E-state index in [1.54, 1.807) is 6.07 Å². The van der Waals surface area contributed by atoms with Crippen molar-refractivity contribution < 1.29 is 23.5 Å². The van der Waals surface area contributed by atoms with Gasteiger partial charge in [0.15, 0.2) is 0 Å². The summed E-state index contributed by atoms with van der Waals surface area (Å²) >= 11 is 0. The summed E-state index contributed by atoms with van der Waals surface area (Å²) in [5.74, 6) is -0.00286. The minimum absolute atomic E-state index is 0.000607. The molecule has 2 saturated heterocycles. The minimum Gasteiger partial charge on any atom is -0.472 e. The van der Waals surface area contributed by atoms with Crippen LogP contribution in [-0.2, 0) is 34.0 Å². The molecular weight excluding hydrogens is 402 g/mol. The van der Waals surface area contributed by atoms with E-state index in [0.29, 0.717) is 51.6 Å². The molecule has 10 heteroatoms. The van der Waals surface area contributed by atoms with Crippen LogP contribution < -0.4 is 5.32 Å². The summed E-state index contributed by atoms with van der Waals surface area (Å²) in [5.41, 5.74) is 1.70. The molecule has 2 fully saturated rings. The van der Waals surface area contributed by atoms with Gasteiger partial charge >= 0.3 is 0 Å². The zero-order chi connectivity index (χ0) is 21.3. The predicted molar refractivity (Wildman–Crippen MR) is 107 cm³/mol. The van der Waals surface area contributed by atoms with Gasteiger partial charge in [-0.2, -0.15) is 0 Å². The Kier molecular flexibility index (Phi) is 5.49. The molecule has 5 rings (SSSR count). The summed E-state index contributed by atoms with van der Waals surface area (Å²) < 4.78 is 18.5. The number of hydrogen-bond donors (Lipinski definition) is 1. The number of carbonyl (C=O) groups is 2. The molecule has 10 nitrogen and oxygen atoms in total. The second kappa shape index (κ2) is 8.43. The summed E-state index contributed by atoms with van der Waals surface area (Å²) in [5, 5.41) is 11.6. The Bertz CT molecular complexity index is 936. The van der Waals surface area contributed by atoms with Crippen molar-refractivity contribution in [2.45, 2.75) is 51.0 Å². The van der Waals surface area contributed by atoms with Gasteiger partial charge in [-0.1, -0.05) is 5.21 Å². The predicted octanol–water partition coefficient (Wildman–Crippen LogP) is 1.12. The molecule has 1 atom stereocenters. The fourth-order valence-corrected chi connectivity index (χ4v) is 4.69. The van der Waals surface area contributed by atoms with E-state index in [-0.39, 0.29) is 17.7 Å².